The van der Waals surface area contributed by atoms with Gasteiger partial charge in [-0.3, -0.25) is 0 Å². The largest absolute Gasteiger partial charge is 0.553 e. The number of benzene rings is 4. The maximum Gasteiger partial charge on any atom is 0.553 e. The number of rotatable bonds is 4. The van der Waals surface area contributed by atoms with E-state index in [0.29, 0.717) is 0 Å². The highest BCUT2D eigenvalue weighted by Gasteiger charge is 2.72. The van der Waals surface area contributed by atoms with Gasteiger partial charge in [-0.15, -0.1) is 0 Å². The second kappa shape index (κ2) is 9.13. The Hall–Kier alpha value is -6.52. The lowest BCUT2D eigenvalue weighted by Crippen LogP contribution is -2.71. The number of allylic oxidation sites excluding steroid dienone is 4. The molecule has 0 saturated carbocycles. The second-order valence-electron chi connectivity index (χ2n) is 13.8. The molecule has 1 atom stereocenters. The molecule has 4 nitrogen and oxygen atoms in total. The summed E-state index contributed by atoms with van der Waals surface area (Å²) >= 11 is 0. The van der Waals surface area contributed by atoms with Crippen molar-refractivity contribution in [3.63, 3.8) is 0 Å². The first-order chi connectivity index (χ1) is 24.7. The van der Waals surface area contributed by atoms with Crippen molar-refractivity contribution < 1.29 is 9.15 Å². The SMILES string of the molecule is Cc1ccc(C2=C3C=CC4=[N+]3C35n6c(ccc62)C(c2ccccc2)=C2C=CC(=[N+]23)C(c2ccccc2)=c2ccc(n25)=C4c2ccccc2)cc1. The molecule has 1 spiro atoms. The Labute approximate surface area is 289 Å². The second-order valence-corrected chi connectivity index (χ2v) is 13.8. The summed E-state index contributed by atoms with van der Waals surface area (Å²) in [6, 6.07) is 51.3. The normalized spacial score (nSPS) is 20.0. The van der Waals surface area contributed by atoms with E-state index in [1.54, 1.807) is 0 Å². The van der Waals surface area contributed by atoms with Crippen LogP contribution in [-0.4, -0.2) is 29.7 Å². The Balaban J connectivity index is 1.34. The zero-order valence-electron chi connectivity index (χ0n) is 27.4. The molecule has 0 bridgehead atoms. The van der Waals surface area contributed by atoms with E-state index in [-0.39, 0.29) is 0 Å². The Bertz CT molecular complexity index is 2870. The summed E-state index contributed by atoms with van der Waals surface area (Å²) in [7, 11) is 0. The van der Waals surface area contributed by atoms with Crippen LogP contribution >= 0.6 is 0 Å². The van der Waals surface area contributed by atoms with Gasteiger partial charge in [-0.1, -0.05) is 130 Å². The molecule has 0 fully saturated rings. The molecule has 4 aromatic carbocycles. The van der Waals surface area contributed by atoms with Crippen LogP contribution in [0.2, 0.25) is 0 Å². The van der Waals surface area contributed by atoms with Crippen molar-refractivity contribution in [3.05, 3.63) is 225 Å². The van der Waals surface area contributed by atoms with Gasteiger partial charge in [0.15, 0.2) is 0 Å². The first-order valence-electron chi connectivity index (χ1n) is 17.4. The van der Waals surface area contributed by atoms with Gasteiger partial charge in [0.1, 0.15) is 0 Å². The van der Waals surface area contributed by atoms with E-state index in [1.165, 1.54) is 95.0 Å². The molecule has 6 aromatic rings. The topological polar surface area (TPSA) is 15.9 Å². The van der Waals surface area contributed by atoms with Gasteiger partial charge < -0.3 is 0 Å². The molecule has 0 saturated heterocycles. The average Bonchev–Trinajstić information content (AvgIpc) is 3.99. The molecular formula is C46H30N4+2. The van der Waals surface area contributed by atoms with Crippen LogP contribution in [0.1, 0.15) is 39.2 Å². The predicted molar refractivity (Wildman–Crippen MR) is 198 cm³/mol. The first-order valence-corrected chi connectivity index (χ1v) is 17.4. The van der Waals surface area contributed by atoms with Crippen LogP contribution in [0.5, 0.6) is 0 Å². The van der Waals surface area contributed by atoms with E-state index in [2.05, 4.69) is 189 Å². The van der Waals surface area contributed by atoms with Gasteiger partial charge in [0, 0.05) is 24.3 Å². The van der Waals surface area contributed by atoms with Crippen LogP contribution in [0.3, 0.4) is 0 Å². The van der Waals surface area contributed by atoms with Crippen LogP contribution in [0.25, 0.3) is 22.3 Å². The van der Waals surface area contributed by atoms with Gasteiger partial charge in [0.05, 0.1) is 44.4 Å². The molecule has 2 aromatic heterocycles. The fraction of sp³-hybridized carbons (Fsp3) is 0.0435. The maximum absolute atomic E-state index is 2.65. The molecule has 6 aliphatic heterocycles. The molecule has 232 valence electrons. The zero-order valence-corrected chi connectivity index (χ0v) is 27.4. The number of aryl methyl sites for hydroxylation is 1. The average molecular weight is 639 g/mol. The lowest BCUT2D eigenvalue weighted by molar-refractivity contribution is -0.834. The summed E-state index contributed by atoms with van der Waals surface area (Å²) < 4.78 is 10.6. The number of aromatic nitrogens is 2. The van der Waals surface area contributed by atoms with Crippen LogP contribution in [0.15, 0.2) is 175 Å². The van der Waals surface area contributed by atoms with Crippen LogP contribution < -0.4 is 10.7 Å². The molecule has 6 aliphatic rings. The Morgan fingerprint density at radius 3 is 1.28 bits per heavy atom. The molecule has 0 aliphatic carbocycles. The summed E-state index contributed by atoms with van der Waals surface area (Å²) in [4.78, 5) is 0. The quantitative estimate of drug-likeness (QED) is 0.191. The van der Waals surface area contributed by atoms with Gasteiger partial charge in [-0.2, -0.15) is 9.13 Å². The highest BCUT2D eigenvalue weighted by molar-refractivity contribution is 6.29. The van der Waals surface area contributed by atoms with Crippen LogP contribution in [0, 0.1) is 6.92 Å². The van der Waals surface area contributed by atoms with Gasteiger partial charge >= 0.3 is 5.91 Å². The molecule has 0 N–H and O–H groups in total. The Morgan fingerprint density at radius 2 is 0.820 bits per heavy atom. The standard InChI is InChI=1S/C46H30N4/c1-29-17-19-33(20-18-29)45-40-27-25-38-43(31-13-7-3-8-14-31)36-23-21-34-42(30-11-5-2-6-12-30)35-22-24-37-44(32-15-9-4-10-16-32)39-26-28-41(45)50(39)46(47(34)36,48(35)37)49(38)40/h2-28H,1H3/q+2. The smallest absolute Gasteiger partial charge is 0.198 e. The van der Waals surface area contributed by atoms with Gasteiger partial charge in [-0.25, -0.2) is 0 Å². The van der Waals surface area contributed by atoms with E-state index in [1.807, 2.05) is 0 Å². The van der Waals surface area contributed by atoms with E-state index < -0.39 is 5.91 Å². The van der Waals surface area contributed by atoms with Crippen molar-refractivity contribution in [1.82, 2.24) is 9.13 Å². The fourth-order valence-corrected chi connectivity index (χ4v) is 9.44. The molecular weight excluding hydrogens is 609 g/mol. The molecule has 12 rings (SSSR count). The van der Waals surface area contributed by atoms with E-state index in [4.69, 9.17) is 0 Å². The van der Waals surface area contributed by atoms with E-state index in [9.17, 15) is 0 Å². The van der Waals surface area contributed by atoms with Crippen LogP contribution in [-0.2, 0) is 5.91 Å². The minimum absolute atomic E-state index is 0.756. The van der Waals surface area contributed by atoms with Gasteiger partial charge in [-0.05, 0) is 53.4 Å². The van der Waals surface area contributed by atoms with Crippen molar-refractivity contribution >= 4 is 33.7 Å². The van der Waals surface area contributed by atoms with E-state index in [0.717, 1.165) is 0 Å². The first kappa shape index (κ1) is 26.4. The minimum Gasteiger partial charge on any atom is -0.198 e. The zero-order chi connectivity index (χ0) is 32.7. The van der Waals surface area contributed by atoms with Crippen molar-refractivity contribution in [1.29, 1.82) is 0 Å². The van der Waals surface area contributed by atoms with Gasteiger partial charge in [0.2, 0.25) is 22.8 Å². The summed E-state index contributed by atoms with van der Waals surface area (Å²) in [6.45, 7) is 2.16. The highest BCUT2D eigenvalue weighted by Crippen LogP contribution is 2.52. The summed E-state index contributed by atoms with van der Waals surface area (Å²) in [5.74, 6) is -0.756. The molecule has 1 unspecified atom stereocenters. The highest BCUT2D eigenvalue weighted by atomic mass is 15.6. The van der Waals surface area contributed by atoms with Crippen molar-refractivity contribution in [3.8, 4) is 0 Å². The van der Waals surface area contributed by atoms with Crippen molar-refractivity contribution in [2.45, 2.75) is 12.8 Å². The number of nitrogens with zero attached hydrogens (tertiary/aromatic N) is 4. The van der Waals surface area contributed by atoms with E-state index >= 15 is 0 Å². The molecule has 8 heterocycles. The monoisotopic (exact) mass is 638 g/mol. The van der Waals surface area contributed by atoms with Gasteiger partial charge in [0.25, 0.3) is 0 Å². The summed E-state index contributed by atoms with van der Waals surface area (Å²) in [6.07, 6.45) is 9.44. The molecule has 50 heavy (non-hydrogen) atoms. The molecule has 0 amide bonds. The lowest BCUT2D eigenvalue weighted by Gasteiger charge is -2.41. The fourth-order valence-electron chi connectivity index (χ4n) is 9.44. The Kier molecular flexibility index (Phi) is 4.83. The predicted octanol–water partition coefficient (Wildman–Crippen LogP) is 6.73. The number of hydrogen-bond acceptors (Lipinski definition) is 0. The van der Waals surface area contributed by atoms with Crippen LogP contribution in [0.4, 0.5) is 0 Å². The molecule has 0 radical (unpaired) electrons. The number of hydrogen-bond donors (Lipinski definition) is 0. The van der Waals surface area contributed by atoms with Crippen molar-refractivity contribution in [2.75, 3.05) is 0 Å². The Morgan fingerprint density at radius 1 is 0.400 bits per heavy atom. The molecule has 4 heteroatoms. The maximum atomic E-state index is 2.65. The third kappa shape index (κ3) is 2.96. The minimum atomic E-state index is -0.756. The third-order valence-corrected chi connectivity index (χ3v) is 11.3. The van der Waals surface area contributed by atoms with Crippen molar-refractivity contribution in [2.24, 2.45) is 0 Å². The summed E-state index contributed by atoms with van der Waals surface area (Å²) in [5.41, 5.74) is 18.4. The third-order valence-electron chi connectivity index (χ3n) is 11.3. The summed E-state index contributed by atoms with van der Waals surface area (Å²) in [5, 5.41) is 2.43. The lowest BCUT2D eigenvalue weighted by atomic mass is 9.92.